The van der Waals surface area contributed by atoms with Crippen molar-refractivity contribution >= 4 is 32.7 Å². The molecule has 5 atom stereocenters. The van der Waals surface area contributed by atoms with Crippen molar-refractivity contribution in [2.24, 2.45) is 11.8 Å². The van der Waals surface area contributed by atoms with Crippen LogP contribution in [-0.2, 0) is 50.4 Å². The van der Waals surface area contributed by atoms with Gasteiger partial charge in [0, 0.05) is 32.3 Å². The largest absolute Gasteiger partial charge is 0.469 e. The molecule has 1 aliphatic rings. The maximum Gasteiger partial charge on any atom is 0.305 e. The molecule has 8 nitrogen and oxygen atoms in total. The standard InChI is InChI=1S/C44H72O8SSi2/c1-33-23-26-37(27-24-33)53(46,47)50-40-31-41(52-55(12,13)44(5,6)7)39(38(40)21-16-14-15-17-22-42(45)49-9)28-25-36(51-54(10,11)43(2,3)4)30-34-19-18-20-35(29-34)32-48-8/h18-20,23-29,36,38-41H,14-17,21-22,30-32H2,1-13H3/t36-,38+,39+,40-,41+/m0/s1. The van der Waals surface area contributed by atoms with Crippen LogP contribution in [0.4, 0.5) is 0 Å². The zero-order valence-corrected chi connectivity index (χ0v) is 39.0. The zero-order chi connectivity index (χ0) is 41.2. The fraction of sp³-hybridized carbons (Fsp3) is 0.659. The first-order valence-corrected chi connectivity index (χ1v) is 27.4. The molecule has 0 amide bonds. The third-order valence-corrected chi connectivity index (χ3v) is 22.5. The highest BCUT2D eigenvalue weighted by Gasteiger charge is 2.49. The summed E-state index contributed by atoms with van der Waals surface area (Å²) in [6.45, 7) is 25.1. The van der Waals surface area contributed by atoms with Crippen LogP contribution in [0.25, 0.3) is 0 Å². The molecule has 0 aliphatic heterocycles. The number of methoxy groups -OCH3 is 2. The Morgan fingerprint density at radius 2 is 1.47 bits per heavy atom. The van der Waals surface area contributed by atoms with E-state index in [1.165, 1.54) is 12.7 Å². The van der Waals surface area contributed by atoms with Crippen molar-refractivity contribution in [3.8, 4) is 0 Å². The summed E-state index contributed by atoms with van der Waals surface area (Å²) < 4.78 is 58.6. The number of unbranched alkanes of at least 4 members (excludes halogenated alkanes) is 3. The molecule has 3 rings (SSSR count). The van der Waals surface area contributed by atoms with Crippen LogP contribution in [-0.4, -0.2) is 63.6 Å². The van der Waals surface area contributed by atoms with Gasteiger partial charge in [-0.05, 0) is 85.2 Å². The van der Waals surface area contributed by atoms with Gasteiger partial charge in [0.1, 0.15) is 0 Å². The number of aryl methyl sites for hydroxylation is 1. The molecule has 11 heteroatoms. The topological polar surface area (TPSA) is 97.4 Å². The highest BCUT2D eigenvalue weighted by molar-refractivity contribution is 7.86. The Balaban J connectivity index is 2.07. The van der Waals surface area contributed by atoms with Crippen LogP contribution in [0.3, 0.4) is 0 Å². The van der Waals surface area contributed by atoms with Gasteiger partial charge in [-0.15, -0.1) is 0 Å². The van der Waals surface area contributed by atoms with Crippen LogP contribution in [0.15, 0.2) is 65.6 Å². The monoisotopic (exact) mass is 816 g/mol. The summed E-state index contributed by atoms with van der Waals surface area (Å²) in [5, 5.41) is -0.0253. The fourth-order valence-corrected chi connectivity index (χ4v) is 10.5. The van der Waals surface area contributed by atoms with Crippen molar-refractivity contribution in [2.45, 2.75) is 166 Å². The quantitative estimate of drug-likeness (QED) is 0.0428. The summed E-state index contributed by atoms with van der Waals surface area (Å²) in [5.41, 5.74) is 3.28. The molecular formula is C44H72O8SSi2. The van der Waals surface area contributed by atoms with Crippen molar-refractivity contribution in [3.63, 3.8) is 0 Å². The second-order valence-corrected chi connectivity index (χ2v) is 29.7. The van der Waals surface area contributed by atoms with Crippen molar-refractivity contribution in [1.82, 2.24) is 0 Å². The van der Waals surface area contributed by atoms with Gasteiger partial charge in [-0.1, -0.05) is 115 Å². The van der Waals surface area contributed by atoms with E-state index in [1.807, 2.05) is 6.92 Å². The number of esters is 1. The average Bonchev–Trinajstić information content (AvgIpc) is 3.37. The molecule has 1 aliphatic carbocycles. The van der Waals surface area contributed by atoms with Crippen LogP contribution in [0.5, 0.6) is 0 Å². The normalized spacial score (nSPS) is 20.6. The lowest BCUT2D eigenvalue weighted by Gasteiger charge is -2.40. The molecule has 0 aromatic heterocycles. The van der Waals surface area contributed by atoms with E-state index >= 15 is 0 Å². The Morgan fingerprint density at radius 1 is 0.855 bits per heavy atom. The fourth-order valence-electron chi connectivity index (χ4n) is 6.75. The van der Waals surface area contributed by atoms with Gasteiger partial charge < -0.3 is 18.3 Å². The van der Waals surface area contributed by atoms with E-state index in [9.17, 15) is 13.2 Å². The lowest BCUT2D eigenvalue weighted by Crippen LogP contribution is -2.45. The predicted molar refractivity (Wildman–Crippen MR) is 229 cm³/mol. The molecule has 0 heterocycles. The van der Waals surface area contributed by atoms with Crippen molar-refractivity contribution in [2.75, 3.05) is 14.2 Å². The van der Waals surface area contributed by atoms with Crippen molar-refractivity contribution in [3.05, 3.63) is 77.4 Å². The van der Waals surface area contributed by atoms with E-state index in [2.05, 4.69) is 104 Å². The van der Waals surface area contributed by atoms with Crippen LogP contribution in [0, 0.1) is 18.8 Å². The van der Waals surface area contributed by atoms with Gasteiger partial charge in [0.05, 0.1) is 36.9 Å². The van der Waals surface area contributed by atoms with E-state index in [1.54, 1.807) is 31.4 Å². The van der Waals surface area contributed by atoms with E-state index in [-0.39, 0.29) is 45.0 Å². The van der Waals surface area contributed by atoms with Gasteiger partial charge >= 0.3 is 5.97 Å². The minimum atomic E-state index is -4.03. The highest BCUT2D eigenvalue weighted by atomic mass is 32.2. The van der Waals surface area contributed by atoms with Gasteiger partial charge in [0.15, 0.2) is 16.6 Å². The molecular weight excluding hydrogens is 745 g/mol. The molecule has 0 bridgehead atoms. The van der Waals surface area contributed by atoms with Gasteiger partial charge in [0.2, 0.25) is 0 Å². The highest BCUT2D eigenvalue weighted by Crippen LogP contribution is 2.46. The molecule has 0 radical (unpaired) electrons. The zero-order valence-electron chi connectivity index (χ0n) is 36.2. The molecule has 1 fully saturated rings. The Morgan fingerprint density at radius 3 is 2.07 bits per heavy atom. The van der Waals surface area contributed by atoms with Gasteiger partial charge in [-0.2, -0.15) is 8.42 Å². The lowest BCUT2D eigenvalue weighted by atomic mass is 9.87. The second-order valence-electron chi connectivity index (χ2n) is 18.6. The first kappa shape index (κ1) is 47.3. The Kier molecular flexibility index (Phi) is 17.2. The van der Waals surface area contributed by atoms with Crippen LogP contribution < -0.4 is 0 Å². The molecule has 1 saturated carbocycles. The number of hydrogen-bond acceptors (Lipinski definition) is 8. The Hall–Kier alpha value is -2.13. The number of rotatable bonds is 20. The van der Waals surface area contributed by atoms with Crippen LogP contribution in [0.2, 0.25) is 36.3 Å². The minimum Gasteiger partial charge on any atom is -0.469 e. The van der Waals surface area contributed by atoms with Crippen molar-refractivity contribution < 1.29 is 35.7 Å². The molecule has 0 spiro atoms. The van der Waals surface area contributed by atoms with E-state index in [4.69, 9.17) is 22.5 Å². The summed E-state index contributed by atoms with van der Waals surface area (Å²) in [6, 6.07) is 15.4. The first-order valence-electron chi connectivity index (χ1n) is 20.2. The number of benzene rings is 2. The number of ether oxygens (including phenoxy) is 2. The Bertz CT molecular complexity index is 1640. The van der Waals surface area contributed by atoms with Gasteiger partial charge in [-0.25, -0.2) is 0 Å². The maximum atomic E-state index is 13.9. The van der Waals surface area contributed by atoms with Crippen LogP contribution >= 0.6 is 0 Å². The molecule has 2 aromatic carbocycles. The summed E-state index contributed by atoms with van der Waals surface area (Å²) >= 11 is 0. The lowest BCUT2D eigenvalue weighted by molar-refractivity contribution is -0.140. The molecule has 310 valence electrons. The summed E-state index contributed by atoms with van der Waals surface area (Å²) in [4.78, 5) is 11.9. The van der Waals surface area contributed by atoms with E-state index < -0.39 is 32.9 Å². The molecule has 0 N–H and O–H groups in total. The minimum absolute atomic E-state index is 0.0119. The average molecular weight is 817 g/mol. The summed E-state index contributed by atoms with van der Waals surface area (Å²) in [5.74, 6) is -0.389. The van der Waals surface area contributed by atoms with Gasteiger partial charge in [-0.3, -0.25) is 8.98 Å². The summed E-state index contributed by atoms with van der Waals surface area (Å²) in [7, 11) is -5.37. The second kappa shape index (κ2) is 20.0. The maximum absolute atomic E-state index is 13.9. The first-order chi connectivity index (χ1) is 25.5. The van der Waals surface area contributed by atoms with E-state index in [0.29, 0.717) is 25.9 Å². The van der Waals surface area contributed by atoms with Crippen molar-refractivity contribution in [1.29, 1.82) is 0 Å². The Labute approximate surface area is 336 Å². The predicted octanol–water partition coefficient (Wildman–Crippen LogP) is 10.9. The number of carbonyl (C=O) groups is 1. The van der Waals surface area contributed by atoms with Gasteiger partial charge in [0.25, 0.3) is 10.1 Å². The molecule has 55 heavy (non-hydrogen) atoms. The van der Waals surface area contributed by atoms with E-state index in [0.717, 1.165) is 43.2 Å². The number of carbonyl (C=O) groups excluding carboxylic acids is 1. The third-order valence-electron chi connectivity index (χ3n) is 12.1. The molecule has 2 aromatic rings. The third kappa shape index (κ3) is 14.0. The van der Waals surface area contributed by atoms with Crippen LogP contribution in [0.1, 0.15) is 103 Å². The number of hydrogen-bond donors (Lipinski definition) is 0. The summed E-state index contributed by atoms with van der Waals surface area (Å²) in [6.07, 6.45) is 9.34. The smallest absolute Gasteiger partial charge is 0.305 e. The molecule has 0 saturated heterocycles. The molecule has 0 unspecified atom stereocenters. The SMILES string of the molecule is COCc1cccc(C[C@H](C=C[C@@H]2[C@@H](CCCCCCC(=O)OC)[C@@H](OS(=O)(=O)c3ccc(C)cc3)C[C@H]2O[Si](C)(C)C(C)(C)C)O[Si](C)(C)C(C)(C)C)c1.